The van der Waals surface area contributed by atoms with Gasteiger partial charge in [0.05, 0.1) is 19.8 Å². The summed E-state index contributed by atoms with van der Waals surface area (Å²) in [4.78, 5) is 31.2. The summed E-state index contributed by atoms with van der Waals surface area (Å²) in [6.07, 6.45) is 1.42. The quantitative estimate of drug-likeness (QED) is 0.812. The Morgan fingerprint density at radius 1 is 1.07 bits per heavy atom. The van der Waals surface area contributed by atoms with E-state index in [0.717, 1.165) is 44.9 Å². The molecule has 2 fully saturated rings. The van der Waals surface area contributed by atoms with E-state index in [-0.39, 0.29) is 17.9 Å². The summed E-state index contributed by atoms with van der Waals surface area (Å²) in [5.41, 5.74) is 2.31. The number of nitrogens with zero attached hydrogens (tertiary/aromatic N) is 3. The fraction of sp³-hybridized carbons (Fsp3) is 0.600. The number of hydrogen-bond acceptors (Lipinski definition) is 5. The SMILES string of the molecule is O=C(CC1COCCN1)N1CCN(CC(=O)N2CCc3ccccc32)CC1. The monoisotopic (exact) mass is 372 g/mol. The normalized spacial score (nSPS) is 23.3. The van der Waals surface area contributed by atoms with Gasteiger partial charge in [0, 0.05) is 57.4 Å². The number of para-hydroxylation sites is 1. The molecule has 3 aliphatic rings. The molecular weight excluding hydrogens is 344 g/mol. The molecule has 1 aromatic rings. The lowest BCUT2D eigenvalue weighted by Gasteiger charge is -2.36. The van der Waals surface area contributed by atoms with Crippen LogP contribution in [0.1, 0.15) is 12.0 Å². The van der Waals surface area contributed by atoms with E-state index in [1.54, 1.807) is 0 Å². The first-order chi connectivity index (χ1) is 13.2. The van der Waals surface area contributed by atoms with Crippen molar-refractivity contribution in [3.8, 4) is 0 Å². The highest BCUT2D eigenvalue weighted by molar-refractivity contribution is 5.96. The van der Waals surface area contributed by atoms with Gasteiger partial charge in [0.1, 0.15) is 0 Å². The van der Waals surface area contributed by atoms with Crippen molar-refractivity contribution in [1.29, 1.82) is 0 Å². The van der Waals surface area contributed by atoms with E-state index in [9.17, 15) is 9.59 Å². The van der Waals surface area contributed by atoms with Crippen LogP contribution in [0.2, 0.25) is 0 Å². The number of amides is 2. The summed E-state index contributed by atoms with van der Waals surface area (Å²) in [5.74, 6) is 0.334. The van der Waals surface area contributed by atoms with Crippen LogP contribution in [0, 0.1) is 0 Å². The van der Waals surface area contributed by atoms with E-state index in [0.29, 0.717) is 32.7 Å². The molecule has 0 radical (unpaired) electrons. The van der Waals surface area contributed by atoms with Crippen LogP contribution in [-0.2, 0) is 20.7 Å². The number of ether oxygens (including phenoxy) is 1. The first kappa shape index (κ1) is 18.4. The van der Waals surface area contributed by atoms with E-state index >= 15 is 0 Å². The molecule has 1 unspecified atom stereocenters. The number of anilines is 1. The minimum atomic E-state index is 0.126. The Balaban J connectivity index is 1.24. The second-order valence-corrected chi connectivity index (χ2v) is 7.51. The highest BCUT2D eigenvalue weighted by Gasteiger charge is 2.28. The van der Waals surface area contributed by atoms with Gasteiger partial charge in [0.25, 0.3) is 0 Å². The maximum absolute atomic E-state index is 12.7. The Kier molecular flexibility index (Phi) is 5.71. The van der Waals surface area contributed by atoms with Gasteiger partial charge in [0.15, 0.2) is 0 Å². The summed E-state index contributed by atoms with van der Waals surface area (Å²) < 4.78 is 5.42. The molecule has 1 atom stereocenters. The zero-order chi connectivity index (χ0) is 18.6. The number of carbonyl (C=O) groups is 2. The van der Waals surface area contributed by atoms with Gasteiger partial charge in [-0.3, -0.25) is 14.5 Å². The average molecular weight is 372 g/mol. The topological polar surface area (TPSA) is 65.1 Å². The van der Waals surface area contributed by atoms with Crippen LogP contribution in [-0.4, -0.2) is 86.7 Å². The summed E-state index contributed by atoms with van der Waals surface area (Å²) in [7, 11) is 0. The lowest BCUT2D eigenvalue weighted by Crippen LogP contribution is -2.53. The standard InChI is InChI=1S/C20H28N4O3/c25-19(13-17-15-27-12-6-21-17)23-10-8-22(9-11-23)14-20(26)24-7-5-16-3-1-2-4-18(16)24/h1-4,17,21H,5-15H2. The Hall–Kier alpha value is -1.96. The van der Waals surface area contributed by atoms with Crippen molar-refractivity contribution in [1.82, 2.24) is 15.1 Å². The first-order valence-electron chi connectivity index (χ1n) is 9.90. The Labute approximate surface area is 160 Å². The Bertz CT molecular complexity index is 682. The predicted octanol–water partition coefficient (Wildman–Crippen LogP) is 0.0984. The minimum Gasteiger partial charge on any atom is -0.378 e. The Morgan fingerprint density at radius 3 is 2.67 bits per heavy atom. The zero-order valence-corrected chi connectivity index (χ0v) is 15.7. The van der Waals surface area contributed by atoms with Gasteiger partial charge in [0.2, 0.25) is 11.8 Å². The van der Waals surface area contributed by atoms with E-state index in [1.807, 2.05) is 28.0 Å². The van der Waals surface area contributed by atoms with E-state index in [1.165, 1.54) is 5.56 Å². The molecule has 7 heteroatoms. The van der Waals surface area contributed by atoms with Gasteiger partial charge in [-0.05, 0) is 18.1 Å². The molecule has 27 heavy (non-hydrogen) atoms. The van der Waals surface area contributed by atoms with Gasteiger partial charge in [-0.25, -0.2) is 0 Å². The molecule has 146 valence electrons. The van der Waals surface area contributed by atoms with Crippen LogP contribution in [0.3, 0.4) is 0 Å². The zero-order valence-electron chi connectivity index (χ0n) is 15.7. The Morgan fingerprint density at radius 2 is 1.89 bits per heavy atom. The van der Waals surface area contributed by atoms with Crippen molar-refractivity contribution in [2.45, 2.75) is 18.9 Å². The summed E-state index contributed by atoms with van der Waals surface area (Å²) >= 11 is 0. The third kappa shape index (κ3) is 4.31. The molecule has 1 aromatic carbocycles. The number of hydrogen-bond donors (Lipinski definition) is 1. The number of morpholine rings is 1. The lowest BCUT2D eigenvalue weighted by molar-refractivity contribution is -0.134. The lowest BCUT2D eigenvalue weighted by atomic mass is 10.1. The predicted molar refractivity (Wildman–Crippen MR) is 103 cm³/mol. The molecule has 3 heterocycles. The van der Waals surface area contributed by atoms with E-state index < -0.39 is 0 Å². The van der Waals surface area contributed by atoms with Gasteiger partial charge in [-0.1, -0.05) is 18.2 Å². The van der Waals surface area contributed by atoms with Crippen molar-refractivity contribution >= 4 is 17.5 Å². The number of carbonyl (C=O) groups excluding carboxylic acids is 2. The van der Waals surface area contributed by atoms with Crippen molar-refractivity contribution < 1.29 is 14.3 Å². The first-order valence-corrected chi connectivity index (χ1v) is 9.90. The van der Waals surface area contributed by atoms with Crippen LogP contribution < -0.4 is 10.2 Å². The molecule has 0 saturated carbocycles. The van der Waals surface area contributed by atoms with Crippen molar-refractivity contribution in [2.75, 3.05) is 63.9 Å². The van der Waals surface area contributed by atoms with Crippen LogP contribution in [0.4, 0.5) is 5.69 Å². The minimum absolute atomic E-state index is 0.126. The van der Waals surface area contributed by atoms with Crippen LogP contribution in [0.25, 0.3) is 0 Å². The second kappa shape index (κ2) is 8.37. The van der Waals surface area contributed by atoms with E-state index in [4.69, 9.17) is 4.74 Å². The van der Waals surface area contributed by atoms with Crippen molar-refractivity contribution in [3.05, 3.63) is 29.8 Å². The molecule has 0 spiro atoms. The van der Waals surface area contributed by atoms with Gasteiger partial charge in [-0.2, -0.15) is 0 Å². The number of nitrogens with one attached hydrogen (secondary N) is 1. The second-order valence-electron chi connectivity index (χ2n) is 7.51. The van der Waals surface area contributed by atoms with Crippen LogP contribution in [0.15, 0.2) is 24.3 Å². The molecule has 0 bridgehead atoms. The molecule has 3 aliphatic heterocycles. The smallest absolute Gasteiger partial charge is 0.241 e. The maximum Gasteiger partial charge on any atom is 0.241 e. The summed E-state index contributed by atoms with van der Waals surface area (Å²) in [6, 6.07) is 8.26. The van der Waals surface area contributed by atoms with Crippen LogP contribution >= 0.6 is 0 Å². The molecule has 4 rings (SSSR count). The third-order valence-electron chi connectivity index (χ3n) is 5.69. The van der Waals surface area contributed by atoms with Crippen molar-refractivity contribution in [2.24, 2.45) is 0 Å². The molecule has 2 saturated heterocycles. The molecule has 7 nitrogen and oxygen atoms in total. The van der Waals surface area contributed by atoms with E-state index in [2.05, 4.69) is 16.3 Å². The van der Waals surface area contributed by atoms with Crippen molar-refractivity contribution in [3.63, 3.8) is 0 Å². The largest absolute Gasteiger partial charge is 0.378 e. The molecular formula is C20H28N4O3. The fourth-order valence-corrected chi connectivity index (χ4v) is 4.12. The summed E-state index contributed by atoms with van der Waals surface area (Å²) in [6.45, 7) is 6.22. The molecule has 0 aliphatic carbocycles. The molecule has 0 aromatic heterocycles. The average Bonchev–Trinajstić information content (AvgIpc) is 3.13. The van der Waals surface area contributed by atoms with Gasteiger partial charge < -0.3 is 19.9 Å². The fourth-order valence-electron chi connectivity index (χ4n) is 4.12. The van der Waals surface area contributed by atoms with Gasteiger partial charge >= 0.3 is 0 Å². The molecule has 2 amide bonds. The highest BCUT2D eigenvalue weighted by atomic mass is 16.5. The summed E-state index contributed by atoms with van der Waals surface area (Å²) in [5, 5.41) is 3.33. The molecule has 1 N–H and O–H groups in total. The third-order valence-corrected chi connectivity index (χ3v) is 5.69. The number of rotatable bonds is 4. The number of piperazine rings is 1. The maximum atomic E-state index is 12.7. The number of benzene rings is 1. The number of fused-ring (bicyclic) bond motifs is 1. The van der Waals surface area contributed by atoms with Crippen LogP contribution in [0.5, 0.6) is 0 Å². The van der Waals surface area contributed by atoms with Gasteiger partial charge in [-0.15, -0.1) is 0 Å². The highest BCUT2D eigenvalue weighted by Crippen LogP contribution is 2.27.